The first-order valence-electron chi connectivity index (χ1n) is 7.34. The van der Waals surface area contributed by atoms with Gasteiger partial charge in [-0.2, -0.15) is 0 Å². The predicted octanol–water partition coefficient (Wildman–Crippen LogP) is 3.29. The van der Waals surface area contributed by atoms with Crippen molar-refractivity contribution in [2.75, 3.05) is 12.8 Å². The number of nitrogens with zero attached hydrogens (tertiary/aromatic N) is 1. The van der Waals surface area contributed by atoms with Crippen molar-refractivity contribution in [2.45, 2.75) is 45.3 Å². The van der Waals surface area contributed by atoms with Crippen LogP contribution in [-0.2, 0) is 4.74 Å². The molecule has 1 aromatic heterocycles. The monoisotopic (exact) mass is 345 g/mol. The van der Waals surface area contributed by atoms with E-state index in [1.807, 2.05) is 0 Å². The largest absolute Gasteiger partial charge is 0.384 e. The Morgan fingerprint density at radius 3 is 2.64 bits per heavy atom. The summed E-state index contributed by atoms with van der Waals surface area (Å²) in [6, 6.07) is 1.46. The van der Waals surface area contributed by atoms with Crippen LogP contribution in [0.1, 0.15) is 43.5 Å². The van der Waals surface area contributed by atoms with Crippen LogP contribution in [0.4, 0.5) is 5.82 Å². The van der Waals surface area contributed by atoms with Crippen LogP contribution in [0, 0.1) is 5.41 Å². The molecule has 1 saturated carbocycles. The fourth-order valence-electron chi connectivity index (χ4n) is 3.41. The topological polar surface area (TPSA) is 77.2 Å². The van der Waals surface area contributed by atoms with E-state index in [4.69, 9.17) is 33.7 Å². The van der Waals surface area contributed by atoms with Crippen molar-refractivity contribution in [2.24, 2.45) is 5.41 Å². The number of nitrogen functional groups attached to an aromatic ring is 1. The van der Waals surface area contributed by atoms with E-state index in [0.717, 1.165) is 19.3 Å². The lowest BCUT2D eigenvalue weighted by molar-refractivity contribution is -0.120. The molecule has 2 atom stereocenters. The fraction of sp³-hybridized carbons (Fsp3) is 0.600. The highest BCUT2D eigenvalue weighted by molar-refractivity contribution is 6.39. The summed E-state index contributed by atoms with van der Waals surface area (Å²) in [6.45, 7) is 4.22. The lowest BCUT2D eigenvalue weighted by atomic mass is 9.58. The number of hydrogen-bond donors (Lipinski definition) is 2. The summed E-state index contributed by atoms with van der Waals surface area (Å²) in [5, 5.41) is 3.24. The van der Waals surface area contributed by atoms with Crippen molar-refractivity contribution < 1.29 is 9.53 Å². The molecule has 122 valence electrons. The summed E-state index contributed by atoms with van der Waals surface area (Å²) >= 11 is 12.1. The molecule has 1 fully saturated rings. The minimum atomic E-state index is -0.326. The number of rotatable bonds is 5. The zero-order valence-electron chi connectivity index (χ0n) is 13.0. The van der Waals surface area contributed by atoms with Gasteiger partial charge in [-0.25, -0.2) is 4.98 Å². The zero-order valence-corrected chi connectivity index (χ0v) is 14.5. The molecule has 0 saturated heterocycles. The van der Waals surface area contributed by atoms with Crippen LogP contribution in [0.5, 0.6) is 0 Å². The highest BCUT2D eigenvalue weighted by Crippen LogP contribution is 2.48. The minimum Gasteiger partial charge on any atom is -0.384 e. The van der Waals surface area contributed by atoms with E-state index in [2.05, 4.69) is 24.1 Å². The summed E-state index contributed by atoms with van der Waals surface area (Å²) in [7, 11) is 1.71. The molecule has 0 bridgehead atoms. The normalized spacial score (nSPS) is 23.0. The third-order valence-corrected chi connectivity index (χ3v) is 5.44. The van der Waals surface area contributed by atoms with Gasteiger partial charge in [0, 0.05) is 18.6 Å². The number of nitrogens with two attached hydrogens (primary N) is 1. The Bertz CT molecular complexity index is 553. The van der Waals surface area contributed by atoms with E-state index in [0.29, 0.717) is 0 Å². The highest BCUT2D eigenvalue weighted by Gasteiger charge is 2.53. The van der Waals surface area contributed by atoms with Crippen LogP contribution >= 0.6 is 23.2 Å². The quantitative estimate of drug-likeness (QED) is 0.802. The number of pyridine rings is 1. The Hall–Kier alpha value is -1.04. The average molecular weight is 346 g/mol. The summed E-state index contributed by atoms with van der Waals surface area (Å²) in [6.07, 6.45) is 2.79. The molecule has 1 amide bonds. The smallest absolute Gasteiger partial charge is 0.256 e. The second-order valence-corrected chi connectivity index (χ2v) is 6.39. The van der Waals surface area contributed by atoms with Gasteiger partial charge in [0.05, 0.1) is 16.7 Å². The molecule has 1 aliphatic rings. The number of carbonyl (C=O) groups excluding carboxylic acids is 1. The molecule has 22 heavy (non-hydrogen) atoms. The van der Waals surface area contributed by atoms with Crippen molar-refractivity contribution in [3.63, 3.8) is 0 Å². The Kier molecular flexibility index (Phi) is 5.20. The van der Waals surface area contributed by atoms with Crippen molar-refractivity contribution in [3.8, 4) is 0 Å². The summed E-state index contributed by atoms with van der Waals surface area (Å²) in [4.78, 5) is 16.4. The average Bonchev–Trinajstić information content (AvgIpc) is 2.43. The molecule has 3 N–H and O–H groups in total. The van der Waals surface area contributed by atoms with Crippen LogP contribution in [-0.4, -0.2) is 30.1 Å². The van der Waals surface area contributed by atoms with Crippen molar-refractivity contribution in [1.29, 1.82) is 0 Å². The van der Waals surface area contributed by atoms with Crippen molar-refractivity contribution in [3.05, 3.63) is 21.8 Å². The van der Waals surface area contributed by atoms with Gasteiger partial charge in [-0.3, -0.25) is 4.79 Å². The first-order chi connectivity index (χ1) is 10.4. The van der Waals surface area contributed by atoms with Gasteiger partial charge >= 0.3 is 0 Å². The standard InChI is InChI=1S/C15H21Cl2N3O2/c1-4-15(5-2)9(7-10(15)22-3)19-14(21)12-8(16)6-11(18)20-13(12)17/h6,9-10H,4-5,7H2,1-3H3,(H2,18,20)(H,19,21). The predicted molar refractivity (Wildman–Crippen MR) is 88.4 cm³/mol. The molecule has 2 rings (SSSR count). The Morgan fingerprint density at radius 2 is 2.14 bits per heavy atom. The second-order valence-electron chi connectivity index (χ2n) is 5.62. The third-order valence-electron chi connectivity index (χ3n) is 4.87. The lowest BCUT2D eigenvalue weighted by Gasteiger charge is -2.55. The Labute approximate surface area is 140 Å². The Balaban J connectivity index is 2.20. The summed E-state index contributed by atoms with van der Waals surface area (Å²) < 4.78 is 5.53. The van der Waals surface area contributed by atoms with Gasteiger partial charge in [-0.15, -0.1) is 0 Å². The molecule has 2 unspecified atom stereocenters. The lowest BCUT2D eigenvalue weighted by Crippen LogP contribution is -2.64. The highest BCUT2D eigenvalue weighted by atomic mass is 35.5. The summed E-state index contributed by atoms with van der Waals surface area (Å²) in [5.41, 5.74) is 5.68. The number of aromatic nitrogens is 1. The van der Waals surface area contributed by atoms with E-state index < -0.39 is 0 Å². The molecule has 1 aliphatic carbocycles. The van der Waals surface area contributed by atoms with Crippen molar-refractivity contribution >= 4 is 34.9 Å². The maximum atomic E-state index is 12.5. The molecule has 1 aromatic rings. The first kappa shape index (κ1) is 17.3. The maximum Gasteiger partial charge on any atom is 0.256 e. The van der Waals surface area contributed by atoms with E-state index in [1.165, 1.54) is 6.07 Å². The molecular formula is C15H21Cl2N3O2. The number of nitrogens with one attached hydrogen (secondary N) is 1. The van der Waals surface area contributed by atoms with E-state index >= 15 is 0 Å². The molecular weight excluding hydrogens is 325 g/mol. The minimum absolute atomic E-state index is 0.0173. The number of anilines is 1. The summed E-state index contributed by atoms with van der Waals surface area (Å²) in [5.74, 6) is -0.139. The van der Waals surface area contributed by atoms with E-state index in [1.54, 1.807) is 7.11 Å². The number of ether oxygens (including phenoxy) is 1. The van der Waals surface area contributed by atoms with Gasteiger partial charge in [-0.05, 0) is 25.3 Å². The molecule has 1 heterocycles. The van der Waals surface area contributed by atoms with Gasteiger partial charge < -0.3 is 15.8 Å². The van der Waals surface area contributed by atoms with Crippen LogP contribution < -0.4 is 11.1 Å². The SMILES string of the molecule is CCC1(CC)C(NC(=O)c2c(Cl)cc(N)nc2Cl)CC1OC. The van der Waals surface area contributed by atoms with Gasteiger partial charge in [-0.1, -0.05) is 37.0 Å². The molecule has 0 radical (unpaired) electrons. The second kappa shape index (κ2) is 6.60. The molecule has 0 aromatic carbocycles. The Morgan fingerprint density at radius 1 is 1.50 bits per heavy atom. The van der Waals surface area contributed by atoms with Crippen LogP contribution in [0.2, 0.25) is 10.2 Å². The molecule has 0 aliphatic heterocycles. The molecule has 7 heteroatoms. The van der Waals surface area contributed by atoms with Crippen LogP contribution in [0.15, 0.2) is 6.07 Å². The first-order valence-corrected chi connectivity index (χ1v) is 8.10. The van der Waals surface area contributed by atoms with Crippen molar-refractivity contribution in [1.82, 2.24) is 10.3 Å². The maximum absolute atomic E-state index is 12.5. The van der Waals surface area contributed by atoms with Gasteiger partial charge in [0.1, 0.15) is 11.0 Å². The molecule has 0 spiro atoms. The number of carbonyl (C=O) groups is 1. The number of amides is 1. The van der Waals surface area contributed by atoms with E-state index in [-0.39, 0.29) is 45.0 Å². The van der Waals surface area contributed by atoms with Crippen LogP contribution in [0.3, 0.4) is 0 Å². The van der Waals surface area contributed by atoms with Gasteiger partial charge in [0.2, 0.25) is 0 Å². The van der Waals surface area contributed by atoms with Gasteiger partial charge in [0.25, 0.3) is 5.91 Å². The third kappa shape index (κ3) is 2.77. The van der Waals surface area contributed by atoms with Crippen LogP contribution in [0.25, 0.3) is 0 Å². The van der Waals surface area contributed by atoms with E-state index in [9.17, 15) is 4.79 Å². The fourth-order valence-corrected chi connectivity index (χ4v) is 4.03. The number of methoxy groups -OCH3 is 1. The number of halogens is 2. The zero-order chi connectivity index (χ0) is 16.5. The van der Waals surface area contributed by atoms with Gasteiger partial charge in [0.15, 0.2) is 0 Å². The molecule has 5 nitrogen and oxygen atoms in total. The number of hydrogen-bond acceptors (Lipinski definition) is 4.